The maximum Gasteiger partial charge on any atom is 0.251 e. The Morgan fingerprint density at radius 3 is 2.68 bits per heavy atom. The van der Waals surface area contributed by atoms with Crippen LogP contribution in [0.2, 0.25) is 0 Å². The number of carbonyl (C=O) groups is 2. The van der Waals surface area contributed by atoms with E-state index in [1.807, 2.05) is 40.6 Å². The first-order chi connectivity index (χ1) is 13.7. The van der Waals surface area contributed by atoms with Gasteiger partial charge in [-0.1, -0.05) is 30.3 Å². The monoisotopic (exact) mass is 400 g/mol. The van der Waals surface area contributed by atoms with E-state index in [0.29, 0.717) is 44.5 Å². The second kappa shape index (κ2) is 8.81. The second-order valence-electron chi connectivity index (χ2n) is 7.06. The molecule has 0 bridgehead atoms. The molecule has 2 amide bonds. The summed E-state index contributed by atoms with van der Waals surface area (Å²) < 4.78 is 5.48. The molecule has 0 aliphatic carbocycles. The Hall–Kier alpha value is -2.29. The van der Waals surface area contributed by atoms with Crippen molar-refractivity contribution < 1.29 is 14.3 Å². The maximum atomic E-state index is 12.4. The average Bonchev–Trinajstić information content (AvgIpc) is 3.41. The van der Waals surface area contributed by atoms with Crippen molar-refractivity contribution in [3.8, 4) is 11.3 Å². The molecule has 2 aromatic rings. The number of nitrogens with one attached hydrogen (secondary N) is 1. The SMILES string of the molecule is O=C(CN1CCN(C(=O)[C@@H]2CCCO2)CC1)Nc1nc(-c2ccccc2)cs1. The van der Waals surface area contributed by atoms with Crippen molar-refractivity contribution >= 4 is 28.3 Å². The van der Waals surface area contributed by atoms with Gasteiger partial charge < -0.3 is 15.0 Å². The Balaban J connectivity index is 1.24. The van der Waals surface area contributed by atoms with E-state index in [1.165, 1.54) is 11.3 Å². The van der Waals surface area contributed by atoms with Gasteiger partial charge in [0.05, 0.1) is 12.2 Å². The Morgan fingerprint density at radius 1 is 1.18 bits per heavy atom. The number of rotatable bonds is 5. The number of aromatic nitrogens is 1. The van der Waals surface area contributed by atoms with Gasteiger partial charge in [0.15, 0.2) is 5.13 Å². The lowest BCUT2D eigenvalue weighted by Gasteiger charge is -2.35. The van der Waals surface area contributed by atoms with Crippen LogP contribution in [0.1, 0.15) is 12.8 Å². The molecule has 2 aliphatic heterocycles. The minimum atomic E-state index is -0.265. The predicted molar refractivity (Wildman–Crippen MR) is 108 cm³/mol. The fraction of sp³-hybridized carbons (Fsp3) is 0.450. The number of nitrogens with zero attached hydrogens (tertiary/aromatic N) is 3. The molecule has 1 aromatic carbocycles. The van der Waals surface area contributed by atoms with E-state index in [0.717, 1.165) is 24.1 Å². The lowest BCUT2D eigenvalue weighted by atomic mass is 10.2. The number of hydrogen-bond donors (Lipinski definition) is 1. The second-order valence-corrected chi connectivity index (χ2v) is 7.91. The first-order valence-corrected chi connectivity index (χ1v) is 10.5. The highest BCUT2D eigenvalue weighted by Gasteiger charge is 2.30. The van der Waals surface area contributed by atoms with E-state index in [-0.39, 0.29) is 17.9 Å². The van der Waals surface area contributed by atoms with Crippen LogP contribution in [0.4, 0.5) is 5.13 Å². The summed E-state index contributed by atoms with van der Waals surface area (Å²) in [7, 11) is 0. The highest BCUT2D eigenvalue weighted by molar-refractivity contribution is 7.14. The van der Waals surface area contributed by atoms with Gasteiger partial charge >= 0.3 is 0 Å². The number of benzene rings is 1. The number of anilines is 1. The first kappa shape index (κ1) is 19.0. The zero-order valence-electron chi connectivity index (χ0n) is 15.7. The minimum Gasteiger partial charge on any atom is -0.368 e. The highest BCUT2D eigenvalue weighted by atomic mass is 32.1. The van der Waals surface area contributed by atoms with Crippen LogP contribution >= 0.6 is 11.3 Å². The molecule has 0 unspecified atom stereocenters. The molecule has 1 N–H and O–H groups in total. The maximum absolute atomic E-state index is 12.4. The van der Waals surface area contributed by atoms with E-state index < -0.39 is 0 Å². The summed E-state index contributed by atoms with van der Waals surface area (Å²) in [6, 6.07) is 9.90. The summed E-state index contributed by atoms with van der Waals surface area (Å²) in [6.45, 7) is 3.66. The molecule has 2 saturated heterocycles. The van der Waals surface area contributed by atoms with Crippen molar-refractivity contribution in [2.45, 2.75) is 18.9 Å². The van der Waals surface area contributed by atoms with Gasteiger partial charge in [0.25, 0.3) is 5.91 Å². The Labute approximate surface area is 168 Å². The fourth-order valence-electron chi connectivity index (χ4n) is 3.54. The Kier molecular flexibility index (Phi) is 5.99. The number of thiazole rings is 1. The third kappa shape index (κ3) is 4.57. The quantitative estimate of drug-likeness (QED) is 0.832. The number of ether oxygens (including phenoxy) is 1. The van der Waals surface area contributed by atoms with Crippen molar-refractivity contribution in [2.75, 3.05) is 44.6 Å². The molecular weight excluding hydrogens is 376 g/mol. The van der Waals surface area contributed by atoms with Gasteiger partial charge in [-0.05, 0) is 12.8 Å². The molecule has 2 fully saturated rings. The number of piperazine rings is 1. The molecular formula is C20H24N4O3S. The van der Waals surface area contributed by atoms with Crippen LogP contribution in [0.25, 0.3) is 11.3 Å². The predicted octanol–water partition coefficient (Wildman–Crippen LogP) is 2.07. The summed E-state index contributed by atoms with van der Waals surface area (Å²) in [4.78, 5) is 33.2. The van der Waals surface area contributed by atoms with Gasteiger partial charge in [-0.3, -0.25) is 14.5 Å². The third-order valence-electron chi connectivity index (χ3n) is 5.08. The van der Waals surface area contributed by atoms with Gasteiger partial charge in [-0.15, -0.1) is 11.3 Å². The molecule has 28 heavy (non-hydrogen) atoms. The Bertz CT molecular complexity index is 812. The zero-order valence-corrected chi connectivity index (χ0v) is 16.5. The average molecular weight is 401 g/mol. The highest BCUT2D eigenvalue weighted by Crippen LogP contribution is 2.24. The van der Waals surface area contributed by atoms with E-state index in [4.69, 9.17) is 4.74 Å². The summed E-state index contributed by atoms with van der Waals surface area (Å²) in [6.07, 6.45) is 1.51. The summed E-state index contributed by atoms with van der Waals surface area (Å²) in [5.41, 5.74) is 1.90. The van der Waals surface area contributed by atoms with Gasteiger partial charge in [0, 0.05) is 43.7 Å². The minimum absolute atomic E-state index is 0.0761. The number of hydrogen-bond acceptors (Lipinski definition) is 6. The van der Waals surface area contributed by atoms with Crippen LogP contribution in [0.5, 0.6) is 0 Å². The molecule has 148 valence electrons. The smallest absolute Gasteiger partial charge is 0.251 e. The van der Waals surface area contributed by atoms with Crippen LogP contribution < -0.4 is 5.32 Å². The zero-order chi connectivity index (χ0) is 19.3. The summed E-state index contributed by atoms with van der Waals surface area (Å²) >= 11 is 1.42. The fourth-order valence-corrected chi connectivity index (χ4v) is 4.27. The number of amides is 2. The van der Waals surface area contributed by atoms with E-state index in [9.17, 15) is 9.59 Å². The van der Waals surface area contributed by atoms with Crippen LogP contribution in [0.3, 0.4) is 0 Å². The van der Waals surface area contributed by atoms with Crippen molar-refractivity contribution in [2.24, 2.45) is 0 Å². The molecule has 1 aromatic heterocycles. The van der Waals surface area contributed by atoms with Crippen LogP contribution in [0, 0.1) is 0 Å². The van der Waals surface area contributed by atoms with Crippen LogP contribution in [-0.2, 0) is 14.3 Å². The van der Waals surface area contributed by atoms with Crippen molar-refractivity contribution in [1.82, 2.24) is 14.8 Å². The van der Waals surface area contributed by atoms with Crippen molar-refractivity contribution in [3.05, 3.63) is 35.7 Å². The topological polar surface area (TPSA) is 74.8 Å². The van der Waals surface area contributed by atoms with E-state index >= 15 is 0 Å². The molecule has 2 aliphatic rings. The van der Waals surface area contributed by atoms with Crippen molar-refractivity contribution in [1.29, 1.82) is 0 Å². The number of carbonyl (C=O) groups excluding carboxylic acids is 2. The van der Waals surface area contributed by atoms with Crippen LogP contribution in [-0.4, -0.2) is 72.0 Å². The van der Waals surface area contributed by atoms with Gasteiger partial charge in [-0.2, -0.15) is 0 Å². The lowest BCUT2D eigenvalue weighted by Crippen LogP contribution is -2.52. The molecule has 8 heteroatoms. The largest absolute Gasteiger partial charge is 0.368 e. The Morgan fingerprint density at radius 2 is 1.96 bits per heavy atom. The van der Waals surface area contributed by atoms with Crippen molar-refractivity contribution in [3.63, 3.8) is 0 Å². The summed E-state index contributed by atoms with van der Waals surface area (Å²) in [5, 5.41) is 5.44. The third-order valence-corrected chi connectivity index (χ3v) is 5.83. The molecule has 0 spiro atoms. The van der Waals surface area contributed by atoms with Gasteiger partial charge in [-0.25, -0.2) is 4.98 Å². The van der Waals surface area contributed by atoms with E-state index in [2.05, 4.69) is 15.2 Å². The normalized spacial score (nSPS) is 20.3. The molecule has 4 rings (SSSR count). The van der Waals surface area contributed by atoms with Gasteiger partial charge in [0.1, 0.15) is 6.10 Å². The summed E-state index contributed by atoms with van der Waals surface area (Å²) in [5.74, 6) is 0.0192. The molecule has 0 radical (unpaired) electrons. The first-order valence-electron chi connectivity index (χ1n) is 9.62. The van der Waals surface area contributed by atoms with Crippen LogP contribution in [0.15, 0.2) is 35.7 Å². The van der Waals surface area contributed by atoms with E-state index in [1.54, 1.807) is 0 Å². The molecule has 0 saturated carbocycles. The molecule has 1 atom stereocenters. The standard InChI is InChI=1S/C20H24N4O3S/c25-18(22-20-21-16(14-28-20)15-5-2-1-3-6-15)13-23-8-10-24(11-9-23)19(26)17-7-4-12-27-17/h1-3,5-6,14,17H,4,7-13H2,(H,21,22,25)/t17-/m0/s1. The van der Waals surface area contributed by atoms with Gasteiger partial charge in [0.2, 0.25) is 5.91 Å². The molecule has 7 nitrogen and oxygen atoms in total. The lowest BCUT2D eigenvalue weighted by molar-refractivity contribution is -0.142. The molecule has 3 heterocycles.